The summed E-state index contributed by atoms with van der Waals surface area (Å²) in [5, 5.41) is 2.64. The summed E-state index contributed by atoms with van der Waals surface area (Å²) in [5.74, 6) is -0.357. The zero-order chi connectivity index (χ0) is 12.3. The summed E-state index contributed by atoms with van der Waals surface area (Å²) in [6.07, 6.45) is 2.52. The van der Waals surface area contributed by atoms with Gasteiger partial charge in [-0.3, -0.25) is 9.59 Å². The maximum Gasteiger partial charge on any atom is 0.239 e. The molecule has 1 saturated carbocycles. The van der Waals surface area contributed by atoms with Crippen LogP contribution >= 0.6 is 0 Å². The van der Waals surface area contributed by atoms with Gasteiger partial charge in [0.1, 0.15) is 6.04 Å². The molecular formula is C11H21N3O2. The highest BCUT2D eigenvalue weighted by Crippen LogP contribution is 2.29. The van der Waals surface area contributed by atoms with Gasteiger partial charge >= 0.3 is 0 Å². The number of primary amides is 1. The standard InChI is InChI=1S/C11H21N3O2/c1-6-5-8(12)3-4-9(6)11(16)14-7(2)10(13)15/h6-9H,3-5,12H2,1-2H3,(H2,13,15)(H,14,16). The van der Waals surface area contributed by atoms with Crippen LogP contribution in [0.4, 0.5) is 0 Å². The van der Waals surface area contributed by atoms with Crippen molar-refractivity contribution in [3.05, 3.63) is 0 Å². The second kappa shape index (κ2) is 5.30. The minimum absolute atomic E-state index is 0.0402. The van der Waals surface area contributed by atoms with Gasteiger partial charge in [0, 0.05) is 12.0 Å². The Morgan fingerprint density at radius 2 is 2.00 bits per heavy atom. The second-order valence-corrected chi connectivity index (χ2v) is 4.79. The predicted molar refractivity (Wildman–Crippen MR) is 61.3 cm³/mol. The third kappa shape index (κ3) is 3.20. The zero-order valence-corrected chi connectivity index (χ0v) is 9.90. The fourth-order valence-corrected chi connectivity index (χ4v) is 2.22. The van der Waals surface area contributed by atoms with E-state index in [4.69, 9.17) is 11.5 Å². The van der Waals surface area contributed by atoms with Crippen LogP contribution in [0.1, 0.15) is 33.1 Å². The van der Waals surface area contributed by atoms with Gasteiger partial charge in [0.05, 0.1) is 0 Å². The molecule has 0 aromatic heterocycles. The summed E-state index contributed by atoms with van der Waals surface area (Å²) in [6.45, 7) is 3.62. The average Bonchev–Trinajstić information content (AvgIpc) is 2.16. The molecular weight excluding hydrogens is 206 g/mol. The fourth-order valence-electron chi connectivity index (χ4n) is 2.22. The molecule has 0 aromatic rings. The van der Waals surface area contributed by atoms with Gasteiger partial charge in [0.2, 0.25) is 11.8 Å². The number of hydrogen-bond acceptors (Lipinski definition) is 3. The highest BCUT2D eigenvalue weighted by atomic mass is 16.2. The molecule has 4 unspecified atom stereocenters. The molecule has 5 nitrogen and oxygen atoms in total. The van der Waals surface area contributed by atoms with E-state index in [0.717, 1.165) is 19.3 Å². The lowest BCUT2D eigenvalue weighted by molar-refractivity contribution is -0.131. The number of rotatable bonds is 3. The Bertz CT molecular complexity index is 280. The summed E-state index contributed by atoms with van der Waals surface area (Å²) in [5.41, 5.74) is 10.9. The third-order valence-electron chi connectivity index (χ3n) is 3.33. The lowest BCUT2D eigenvalue weighted by atomic mass is 9.77. The lowest BCUT2D eigenvalue weighted by Gasteiger charge is -2.31. The molecule has 0 saturated heterocycles. The van der Waals surface area contributed by atoms with Crippen LogP contribution in [0, 0.1) is 11.8 Å². The van der Waals surface area contributed by atoms with E-state index in [0.29, 0.717) is 0 Å². The van der Waals surface area contributed by atoms with Crippen molar-refractivity contribution in [2.24, 2.45) is 23.3 Å². The smallest absolute Gasteiger partial charge is 0.239 e. The van der Waals surface area contributed by atoms with Gasteiger partial charge in [0.25, 0.3) is 0 Å². The van der Waals surface area contributed by atoms with E-state index < -0.39 is 11.9 Å². The topological polar surface area (TPSA) is 98.2 Å². The summed E-state index contributed by atoms with van der Waals surface area (Å²) in [7, 11) is 0. The van der Waals surface area contributed by atoms with Crippen molar-refractivity contribution in [2.45, 2.75) is 45.2 Å². The van der Waals surface area contributed by atoms with Crippen LogP contribution in [0.2, 0.25) is 0 Å². The Morgan fingerprint density at radius 3 is 2.50 bits per heavy atom. The highest BCUT2D eigenvalue weighted by Gasteiger charge is 2.31. The van der Waals surface area contributed by atoms with Crippen LogP contribution < -0.4 is 16.8 Å². The van der Waals surface area contributed by atoms with E-state index in [1.807, 2.05) is 6.92 Å². The van der Waals surface area contributed by atoms with Crippen molar-refractivity contribution >= 4 is 11.8 Å². The van der Waals surface area contributed by atoms with Gasteiger partial charge in [-0.15, -0.1) is 0 Å². The molecule has 5 heteroatoms. The molecule has 1 fully saturated rings. The number of carbonyl (C=O) groups excluding carboxylic acids is 2. The normalized spacial score (nSPS) is 31.8. The molecule has 0 spiro atoms. The molecule has 0 bridgehead atoms. The molecule has 2 amide bonds. The number of nitrogens with two attached hydrogens (primary N) is 2. The first kappa shape index (κ1) is 13.0. The Hall–Kier alpha value is -1.10. The van der Waals surface area contributed by atoms with Gasteiger partial charge in [-0.1, -0.05) is 6.92 Å². The molecule has 4 atom stereocenters. The van der Waals surface area contributed by atoms with Crippen molar-refractivity contribution in [3.8, 4) is 0 Å². The second-order valence-electron chi connectivity index (χ2n) is 4.79. The number of amides is 2. The van der Waals surface area contributed by atoms with Crippen molar-refractivity contribution < 1.29 is 9.59 Å². The molecule has 92 valence electrons. The molecule has 1 rings (SSSR count). The van der Waals surface area contributed by atoms with E-state index >= 15 is 0 Å². The molecule has 1 aliphatic rings. The maximum absolute atomic E-state index is 11.9. The van der Waals surface area contributed by atoms with E-state index in [9.17, 15) is 9.59 Å². The molecule has 0 radical (unpaired) electrons. The maximum atomic E-state index is 11.9. The minimum Gasteiger partial charge on any atom is -0.368 e. The average molecular weight is 227 g/mol. The fraction of sp³-hybridized carbons (Fsp3) is 0.818. The Morgan fingerprint density at radius 1 is 1.38 bits per heavy atom. The van der Waals surface area contributed by atoms with Gasteiger partial charge in [-0.2, -0.15) is 0 Å². The van der Waals surface area contributed by atoms with Crippen LogP contribution in [0.3, 0.4) is 0 Å². The number of carbonyl (C=O) groups is 2. The van der Waals surface area contributed by atoms with E-state index in [2.05, 4.69) is 5.32 Å². The van der Waals surface area contributed by atoms with Crippen molar-refractivity contribution in [2.75, 3.05) is 0 Å². The molecule has 1 aliphatic carbocycles. The van der Waals surface area contributed by atoms with Crippen LogP contribution in [0.5, 0.6) is 0 Å². The van der Waals surface area contributed by atoms with Gasteiger partial charge in [0.15, 0.2) is 0 Å². The monoisotopic (exact) mass is 227 g/mol. The lowest BCUT2D eigenvalue weighted by Crippen LogP contribution is -2.47. The van der Waals surface area contributed by atoms with Crippen LogP contribution in [0.15, 0.2) is 0 Å². The predicted octanol–water partition coefficient (Wildman–Crippen LogP) is -0.260. The quantitative estimate of drug-likeness (QED) is 0.619. The number of nitrogens with one attached hydrogen (secondary N) is 1. The minimum atomic E-state index is -0.602. The number of hydrogen-bond donors (Lipinski definition) is 3. The van der Waals surface area contributed by atoms with Crippen LogP contribution in [0.25, 0.3) is 0 Å². The summed E-state index contributed by atoms with van der Waals surface area (Å²) in [4.78, 5) is 22.7. The molecule has 16 heavy (non-hydrogen) atoms. The zero-order valence-electron chi connectivity index (χ0n) is 9.90. The highest BCUT2D eigenvalue weighted by molar-refractivity contribution is 5.87. The molecule has 0 aromatic carbocycles. The Labute approximate surface area is 95.9 Å². The van der Waals surface area contributed by atoms with Gasteiger partial charge in [-0.25, -0.2) is 0 Å². The first-order valence-corrected chi connectivity index (χ1v) is 5.77. The summed E-state index contributed by atoms with van der Waals surface area (Å²) in [6, 6.07) is -0.400. The summed E-state index contributed by atoms with van der Waals surface area (Å²) >= 11 is 0. The van der Waals surface area contributed by atoms with Crippen molar-refractivity contribution in [3.63, 3.8) is 0 Å². The van der Waals surface area contributed by atoms with E-state index in [1.54, 1.807) is 6.92 Å². The van der Waals surface area contributed by atoms with Gasteiger partial charge in [-0.05, 0) is 32.1 Å². The van der Waals surface area contributed by atoms with E-state index in [1.165, 1.54) is 0 Å². The van der Waals surface area contributed by atoms with Gasteiger partial charge < -0.3 is 16.8 Å². The largest absolute Gasteiger partial charge is 0.368 e. The van der Waals surface area contributed by atoms with E-state index in [-0.39, 0.29) is 23.8 Å². The first-order valence-electron chi connectivity index (χ1n) is 5.77. The van der Waals surface area contributed by atoms with Crippen LogP contribution in [-0.4, -0.2) is 23.9 Å². The third-order valence-corrected chi connectivity index (χ3v) is 3.33. The van der Waals surface area contributed by atoms with Crippen molar-refractivity contribution in [1.29, 1.82) is 0 Å². The molecule has 0 aliphatic heterocycles. The first-order chi connectivity index (χ1) is 7.41. The Balaban J connectivity index is 2.51. The van der Waals surface area contributed by atoms with Crippen LogP contribution in [-0.2, 0) is 9.59 Å². The SMILES string of the molecule is CC(NC(=O)C1CCC(N)CC1C)C(N)=O. The Kier molecular flexibility index (Phi) is 4.29. The molecule has 0 heterocycles. The molecule has 5 N–H and O–H groups in total. The van der Waals surface area contributed by atoms with Crippen molar-refractivity contribution in [1.82, 2.24) is 5.32 Å². The summed E-state index contributed by atoms with van der Waals surface area (Å²) < 4.78 is 0.